The molecule has 1 aliphatic heterocycles. The van der Waals surface area contributed by atoms with Crippen LogP contribution in [0.15, 0.2) is 35.9 Å². The van der Waals surface area contributed by atoms with Gasteiger partial charge >= 0.3 is 0 Å². The minimum absolute atomic E-state index is 0.0906. The van der Waals surface area contributed by atoms with Crippen molar-refractivity contribution in [2.45, 2.75) is 109 Å². The van der Waals surface area contributed by atoms with Crippen molar-refractivity contribution in [1.29, 1.82) is 0 Å². The molecular formula is C30H44N2O3. The molecule has 0 bridgehead atoms. The van der Waals surface area contributed by atoms with Crippen molar-refractivity contribution in [2.75, 3.05) is 19.7 Å². The van der Waals surface area contributed by atoms with Crippen LogP contribution >= 0.6 is 0 Å². The average molecular weight is 481 g/mol. The molecule has 0 N–H and O–H groups in total. The summed E-state index contributed by atoms with van der Waals surface area (Å²) in [5.41, 5.74) is 2.34. The summed E-state index contributed by atoms with van der Waals surface area (Å²) in [6.45, 7) is 3.78. The smallest absolute Gasteiger partial charge is 0.250 e. The fourth-order valence-corrected chi connectivity index (χ4v) is 5.89. The quantitative estimate of drug-likeness (QED) is 0.265. The van der Waals surface area contributed by atoms with Crippen LogP contribution in [0.5, 0.6) is 5.75 Å². The number of unbranched alkanes of at least 4 members (excludes halogenated alkanes) is 3. The standard InChI is InChI=1S/C30H44N2O3/c1-2-3-4-11-22-35-27-18-16-25(17-19-27)29-30(34)32(26-14-9-6-10-15-26)23-28(33)31(29)21-20-24-12-7-5-8-13-24/h12,16-19,26,29H,2-11,13-15,20-23H2,1H3. The fourth-order valence-electron chi connectivity index (χ4n) is 5.89. The van der Waals surface area contributed by atoms with Gasteiger partial charge in [-0.05, 0) is 69.1 Å². The van der Waals surface area contributed by atoms with Gasteiger partial charge in [0.05, 0.1) is 6.61 Å². The number of benzene rings is 1. The maximum atomic E-state index is 13.9. The van der Waals surface area contributed by atoms with Crippen LogP contribution in [0.4, 0.5) is 0 Å². The molecule has 5 heteroatoms. The molecule has 2 amide bonds. The lowest BCUT2D eigenvalue weighted by atomic mass is 9.91. The summed E-state index contributed by atoms with van der Waals surface area (Å²) in [6.07, 6.45) is 18.2. The number of carbonyl (C=O) groups is 2. The van der Waals surface area contributed by atoms with Crippen LogP contribution in [0, 0.1) is 0 Å². The van der Waals surface area contributed by atoms with Gasteiger partial charge in [-0.25, -0.2) is 0 Å². The van der Waals surface area contributed by atoms with Gasteiger partial charge in [0.25, 0.3) is 5.91 Å². The van der Waals surface area contributed by atoms with E-state index in [-0.39, 0.29) is 24.4 Å². The second-order valence-corrected chi connectivity index (χ2v) is 10.6. The van der Waals surface area contributed by atoms with E-state index >= 15 is 0 Å². The Labute approximate surface area is 211 Å². The Bertz CT molecular complexity index is 857. The number of ether oxygens (including phenoxy) is 1. The largest absolute Gasteiger partial charge is 0.494 e. The number of rotatable bonds is 11. The first-order valence-electron chi connectivity index (χ1n) is 14.2. The molecule has 0 radical (unpaired) electrons. The van der Waals surface area contributed by atoms with Crippen molar-refractivity contribution in [3.63, 3.8) is 0 Å². The SMILES string of the molecule is CCCCCCOc1ccc(C2C(=O)N(C3CCCCC3)CC(=O)N2CCC2=CCCCC2)cc1. The van der Waals surface area contributed by atoms with Gasteiger partial charge in [-0.2, -0.15) is 0 Å². The first-order valence-corrected chi connectivity index (χ1v) is 14.2. The van der Waals surface area contributed by atoms with E-state index in [4.69, 9.17) is 4.74 Å². The van der Waals surface area contributed by atoms with Gasteiger partial charge in [-0.1, -0.05) is 69.2 Å². The first kappa shape index (κ1) is 25.8. The van der Waals surface area contributed by atoms with Crippen molar-refractivity contribution in [3.8, 4) is 5.75 Å². The molecule has 192 valence electrons. The Morgan fingerprint density at radius 3 is 2.46 bits per heavy atom. The molecule has 3 aliphatic rings. The zero-order valence-electron chi connectivity index (χ0n) is 21.7. The van der Waals surface area contributed by atoms with E-state index in [1.807, 2.05) is 34.1 Å². The summed E-state index contributed by atoms with van der Waals surface area (Å²) in [6, 6.07) is 7.60. The first-order chi connectivity index (χ1) is 17.2. The molecule has 2 aliphatic carbocycles. The Hall–Kier alpha value is -2.30. The van der Waals surface area contributed by atoms with Crippen LogP contribution in [0.1, 0.15) is 108 Å². The molecule has 1 saturated carbocycles. The number of hydrogen-bond acceptors (Lipinski definition) is 3. The Balaban J connectivity index is 1.48. The normalized spacial score (nSPS) is 21.9. The summed E-state index contributed by atoms with van der Waals surface area (Å²) in [7, 11) is 0. The monoisotopic (exact) mass is 480 g/mol. The van der Waals surface area contributed by atoms with Gasteiger partial charge in [-0.3, -0.25) is 9.59 Å². The van der Waals surface area contributed by atoms with E-state index in [2.05, 4.69) is 13.0 Å². The lowest BCUT2D eigenvalue weighted by molar-refractivity contribution is -0.159. The number of hydrogen-bond donors (Lipinski definition) is 0. The molecule has 1 aromatic carbocycles. The second kappa shape index (κ2) is 13.1. The zero-order chi connectivity index (χ0) is 24.5. The minimum Gasteiger partial charge on any atom is -0.494 e. The van der Waals surface area contributed by atoms with Crippen molar-refractivity contribution in [2.24, 2.45) is 0 Å². The highest BCUT2D eigenvalue weighted by Crippen LogP contribution is 2.34. The number of amides is 2. The molecule has 1 aromatic rings. The Kier molecular flexibility index (Phi) is 9.67. The van der Waals surface area contributed by atoms with Gasteiger partial charge < -0.3 is 14.5 Å². The second-order valence-electron chi connectivity index (χ2n) is 10.6. The maximum absolute atomic E-state index is 13.9. The van der Waals surface area contributed by atoms with E-state index in [0.717, 1.165) is 69.3 Å². The lowest BCUT2D eigenvalue weighted by Gasteiger charge is -2.44. The maximum Gasteiger partial charge on any atom is 0.250 e. The molecule has 1 heterocycles. The molecule has 0 aromatic heterocycles. The topological polar surface area (TPSA) is 49.9 Å². The zero-order valence-corrected chi connectivity index (χ0v) is 21.7. The Morgan fingerprint density at radius 1 is 0.943 bits per heavy atom. The van der Waals surface area contributed by atoms with Crippen LogP contribution in [-0.2, 0) is 9.59 Å². The summed E-state index contributed by atoms with van der Waals surface area (Å²) in [4.78, 5) is 31.1. The minimum atomic E-state index is -0.527. The molecule has 0 spiro atoms. The van der Waals surface area contributed by atoms with Crippen LogP contribution < -0.4 is 4.74 Å². The molecular weight excluding hydrogens is 436 g/mol. The van der Waals surface area contributed by atoms with Crippen LogP contribution in [0.25, 0.3) is 0 Å². The van der Waals surface area contributed by atoms with Crippen LogP contribution in [0.3, 0.4) is 0 Å². The van der Waals surface area contributed by atoms with Crippen molar-refractivity contribution in [1.82, 2.24) is 9.80 Å². The van der Waals surface area contributed by atoms with Crippen LogP contribution in [0.2, 0.25) is 0 Å². The third kappa shape index (κ3) is 6.89. The summed E-state index contributed by atoms with van der Waals surface area (Å²) >= 11 is 0. The van der Waals surface area contributed by atoms with Crippen molar-refractivity contribution in [3.05, 3.63) is 41.5 Å². The number of carbonyl (C=O) groups excluding carboxylic acids is 2. The van der Waals surface area contributed by atoms with Gasteiger partial charge in [0, 0.05) is 12.6 Å². The lowest BCUT2D eigenvalue weighted by Crippen LogP contribution is -2.58. The highest BCUT2D eigenvalue weighted by Gasteiger charge is 2.42. The summed E-state index contributed by atoms with van der Waals surface area (Å²) in [5, 5.41) is 0. The molecule has 35 heavy (non-hydrogen) atoms. The average Bonchev–Trinajstić information content (AvgIpc) is 2.90. The van der Waals surface area contributed by atoms with E-state index in [1.165, 1.54) is 44.1 Å². The highest BCUT2D eigenvalue weighted by atomic mass is 16.5. The van der Waals surface area contributed by atoms with Gasteiger partial charge in [0.2, 0.25) is 5.91 Å². The third-order valence-corrected chi connectivity index (χ3v) is 7.99. The fraction of sp³-hybridized carbons (Fsp3) is 0.667. The van der Waals surface area contributed by atoms with Gasteiger partial charge in [0.1, 0.15) is 18.3 Å². The molecule has 4 rings (SSSR count). The van der Waals surface area contributed by atoms with E-state index in [0.29, 0.717) is 6.54 Å². The molecule has 1 saturated heterocycles. The molecule has 1 atom stereocenters. The number of allylic oxidation sites excluding steroid dienone is 1. The summed E-state index contributed by atoms with van der Waals surface area (Å²) < 4.78 is 5.93. The van der Waals surface area contributed by atoms with E-state index in [1.54, 1.807) is 0 Å². The summed E-state index contributed by atoms with van der Waals surface area (Å²) in [5.74, 6) is 1.03. The third-order valence-electron chi connectivity index (χ3n) is 7.99. The van der Waals surface area contributed by atoms with Crippen molar-refractivity contribution >= 4 is 11.8 Å². The number of piperazine rings is 1. The molecule has 1 unspecified atom stereocenters. The van der Waals surface area contributed by atoms with E-state index < -0.39 is 6.04 Å². The predicted molar refractivity (Wildman–Crippen MR) is 140 cm³/mol. The predicted octanol–water partition coefficient (Wildman–Crippen LogP) is 6.58. The van der Waals surface area contributed by atoms with Gasteiger partial charge in [0.15, 0.2) is 0 Å². The molecule has 2 fully saturated rings. The highest BCUT2D eigenvalue weighted by molar-refractivity contribution is 5.95. The van der Waals surface area contributed by atoms with Crippen molar-refractivity contribution < 1.29 is 14.3 Å². The van der Waals surface area contributed by atoms with Crippen LogP contribution in [-0.4, -0.2) is 47.4 Å². The van der Waals surface area contributed by atoms with E-state index in [9.17, 15) is 9.59 Å². The van der Waals surface area contributed by atoms with Gasteiger partial charge in [-0.15, -0.1) is 0 Å². The number of nitrogens with zero attached hydrogens (tertiary/aromatic N) is 2. The molecule has 5 nitrogen and oxygen atoms in total. The Morgan fingerprint density at radius 2 is 1.74 bits per heavy atom.